The Bertz CT molecular complexity index is 1020. The van der Waals surface area contributed by atoms with Crippen molar-refractivity contribution in [3.63, 3.8) is 0 Å². The van der Waals surface area contributed by atoms with Gasteiger partial charge in [0.05, 0.1) is 6.54 Å². The molecule has 0 amide bonds. The second kappa shape index (κ2) is 6.58. The lowest BCUT2D eigenvalue weighted by Gasteiger charge is -2.09. The van der Waals surface area contributed by atoms with E-state index in [-0.39, 0.29) is 17.8 Å². The molecule has 0 aliphatic rings. The van der Waals surface area contributed by atoms with E-state index in [1.165, 1.54) is 9.13 Å². The molecule has 0 aliphatic carbocycles. The van der Waals surface area contributed by atoms with Crippen molar-refractivity contribution in [2.75, 3.05) is 11.9 Å². The van der Waals surface area contributed by atoms with Gasteiger partial charge in [0.25, 0.3) is 5.56 Å². The first-order valence-electron chi connectivity index (χ1n) is 8.39. The third-order valence-electron chi connectivity index (χ3n) is 4.35. The van der Waals surface area contributed by atoms with Crippen molar-refractivity contribution in [1.29, 1.82) is 0 Å². The third kappa shape index (κ3) is 2.97. The maximum absolute atomic E-state index is 12.9. The molecule has 1 aromatic carbocycles. The zero-order chi connectivity index (χ0) is 18.1. The first-order chi connectivity index (χ1) is 11.9. The normalized spacial score (nSPS) is 11.2. The zero-order valence-electron chi connectivity index (χ0n) is 15.0. The number of anilines is 1. The second-order valence-corrected chi connectivity index (χ2v) is 6.31. The fourth-order valence-corrected chi connectivity index (χ4v) is 2.85. The van der Waals surface area contributed by atoms with Crippen LogP contribution in [0.4, 0.5) is 5.95 Å². The molecule has 132 valence electrons. The van der Waals surface area contributed by atoms with E-state index in [4.69, 9.17) is 0 Å². The molecule has 3 aromatic rings. The van der Waals surface area contributed by atoms with Crippen LogP contribution >= 0.6 is 0 Å². The first kappa shape index (κ1) is 17.0. The minimum Gasteiger partial charge on any atom is -0.356 e. The Labute approximate surface area is 145 Å². The molecule has 0 bridgehead atoms. The molecule has 0 fully saturated rings. The van der Waals surface area contributed by atoms with Crippen molar-refractivity contribution in [1.82, 2.24) is 18.7 Å². The topological polar surface area (TPSA) is 73.8 Å². The predicted octanol–water partition coefficient (Wildman–Crippen LogP) is 1.61. The van der Waals surface area contributed by atoms with Crippen LogP contribution in [0.2, 0.25) is 0 Å². The van der Waals surface area contributed by atoms with Crippen LogP contribution in [0.1, 0.15) is 24.5 Å². The Morgan fingerprint density at radius 2 is 1.76 bits per heavy atom. The maximum atomic E-state index is 12.9. The summed E-state index contributed by atoms with van der Waals surface area (Å²) in [5.74, 6) is 0.594. The van der Waals surface area contributed by atoms with Gasteiger partial charge in [0, 0.05) is 20.6 Å². The molecular weight excluding hydrogens is 318 g/mol. The van der Waals surface area contributed by atoms with E-state index in [1.54, 1.807) is 18.7 Å². The molecule has 0 unspecified atom stereocenters. The zero-order valence-corrected chi connectivity index (χ0v) is 15.0. The molecule has 1 N–H and O–H groups in total. The standard InChI is InChI=1S/C18H23N5O2/c1-5-10-19-17-20-15-14(21(17)3)16(24)23(18(25)22(15)4)11-13-8-6-12(2)7-9-13/h6-9H,5,10-11H2,1-4H3,(H,19,20). The van der Waals surface area contributed by atoms with Gasteiger partial charge >= 0.3 is 5.69 Å². The van der Waals surface area contributed by atoms with Crippen molar-refractivity contribution >= 4 is 17.1 Å². The number of rotatable bonds is 5. The molecule has 2 heterocycles. The highest BCUT2D eigenvalue weighted by molar-refractivity contribution is 5.74. The van der Waals surface area contributed by atoms with Gasteiger partial charge in [-0.15, -0.1) is 0 Å². The highest BCUT2D eigenvalue weighted by Gasteiger charge is 2.18. The molecule has 0 aliphatic heterocycles. The quantitative estimate of drug-likeness (QED) is 0.765. The van der Waals surface area contributed by atoms with E-state index in [0.717, 1.165) is 24.1 Å². The molecule has 3 rings (SSSR count). The number of aryl methyl sites for hydroxylation is 3. The summed E-state index contributed by atoms with van der Waals surface area (Å²) in [5.41, 5.74) is 2.19. The fraction of sp³-hybridized carbons (Fsp3) is 0.389. The van der Waals surface area contributed by atoms with Crippen molar-refractivity contribution in [3.8, 4) is 0 Å². The first-order valence-corrected chi connectivity index (χ1v) is 8.39. The minimum absolute atomic E-state index is 0.241. The lowest BCUT2D eigenvalue weighted by molar-refractivity contribution is 0.655. The number of aromatic nitrogens is 4. The number of nitrogens with one attached hydrogen (secondary N) is 1. The molecule has 0 atom stereocenters. The van der Waals surface area contributed by atoms with Crippen LogP contribution in [-0.4, -0.2) is 25.2 Å². The summed E-state index contributed by atoms with van der Waals surface area (Å²) < 4.78 is 4.42. The molecule has 25 heavy (non-hydrogen) atoms. The smallest absolute Gasteiger partial charge is 0.332 e. The van der Waals surface area contributed by atoms with Crippen LogP contribution in [0.5, 0.6) is 0 Å². The van der Waals surface area contributed by atoms with E-state index in [1.807, 2.05) is 31.2 Å². The molecule has 7 heteroatoms. The van der Waals surface area contributed by atoms with Crippen molar-refractivity contribution in [2.45, 2.75) is 26.8 Å². The lowest BCUT2D eigenvalue weighted by atomic mass is 10.1. The Hall–Kier alpha value is -2.83. The van der Waals surface area contributed by atoms with E-state index < -0.39 is 0 Å². The highest BCUT2D eigenvalue weighted by Crippen LogP contribution is 2.13. The Kier molecular flexibility index (Phi) is 4.48. The van der Waals surface area contributed by atoms with Gasteiger partial charge in [0.2, 0.25) is 5.95 Å². The summed E-state index contributed by atoms with van der Waals surface area (Å²) in [4.78, 5) is 30.0. The summed E-state index contributed by atoms with van der Waals surface area (Å²) in [5, 5.41) is 3.19. The summed E-state index contributed by atoms with van der Waals surface area (Å²) in [6, 6.07) is 7.81. The van der Waals surface area contributed by atoms with Crippen LogP contribution in [0, 0.1) is 6.92 Å². The minimum atomic E-state index is -0.363. The van der Waals surface area contributed by atoms with E-state index in [9.17, 15) is 9.59 Å². The lowest BCUT2D eigenvalue weighted by Crippen LogP contribution is -2.39. The predicted molar refractivity (Wildman–Crippen MR) is 99.3 cm³/mol. The maximum Gasteiger partial charge on any atom is 0.332 e. The average molecular weight is 341 g/mol. The summed E-state index contributed by atoms with van der Waals surface area (Å²) in [6.45, 7) is 5.05. The number of fused-ring (bicyclic) bond motifs is 1. The Morgan fingerprint density at radius 3 is 2.40 bits per heavy atom. The van der Waals surface area contributed by atoms with Crippen molar-refractivity contribution in [2.24, 2.45) is 14.1 Å². The fourth-order valence-electron chi connectivity index (χ4n) is 2.85. The summed E-state index contributed by atoms with van der Waals surface area (Å²) in [7, 11) is 3.43. The van der Waals surface area contributed by atoms with Gasteiger partial charge in [0.15, 0.2) is 11.2 Å². The number of hydrogen-bond donors (Lipinski definition) is 1. The number of imidazole rings is 1. The van der Waals surface area contributed by atoms with Crippen LogP contribution in [-0.2, 0) is 20.6 Å². The highest BCUT2D eigenvalue weighted by atomic mass is 16.2. The molecule has 0 radical (unpaired) electrons. The molecule has 7 nitrogen and oxygen atoms in total. The summed E-state index contributed by atoms with van der Waals surface area (Å²) >= 11 is 0. The van der Waals surface area contributed by atoms with Crippen LogP contribution in [0.15, 0.2) is 33.9 Å². The van der Waals surface area contributed by atoms with E-state index in [0.29, 0.717) is 17.1 Å². The Morgan fingerprint density at radius 1 is 1.08 bits per heavy atom. The van der Waals surface area contributed by atoms with Gasteiger partial charge in [-0.25, -0.2) is 4.79 Å². The molecule has 0 saturated heterocycles. The van der Waals surface area contributed by atoms with Gasteiger partial charge in [-0.05, 0) is 18.9 Å². The summed E-state index contributed by atoms with van der Waals surface area (Å²) in [6.07, 6.45) is 0.944. The second-order valence-electron chi connectivity index (χ2n) is 6.31. The van der Waals surface area contributed by atoms with Gasteiger partial charge in [-0.1, -0.05) is 36.8 Å². The van der Waals surface area contributed by atoms with Crippen molar-refractivity contribution < 1.29 is 0 Å². The number of nitrogens with zero attached hydrogens (tertiary/aromatic N) is 4. The average Bonchev–Trinajstić information content (AvgIpc) is 2.93. The van der Waals surface area contributed by atoms with Crippen LogP contribution in [0.3, 0.4) is 0 Å². The van der Waals surface area contributed by atoms with Crippen LogP contribution < -0.4 is 16.6 Å². The van der Waals surface area contributed by atoms with Gasteiger partial charge in [0.1, 0.15) is 0 Å². The van der Waals surface area contributed by atoms with Crippen molar-refractivity contribution in [3.05, 3.63) is 56.2 Å². The van der Waals surface area contributed by atoms with Gasteiger partial charge in [-0.3, -0.25) is 13.9 Å². The molecule has 0 spiro atoms. The van der Waals surface area contributed by atoms with Gasteiger partial charge < -0.3 is 9.88 Å². The monoisotopic (exact) mass is 341 g/mol. The van der Waals surface area contributed by atoms with E-state index in [2.05, 4.69) is 17.2 Å². The molecule has 2 aromatic heterocycles. The van der Waals surface area contributed by atoms with Crippen LogP contribution in [0.25, 0.3) is 11.2 Å². The third-order valence-corrected chi connectivity index (χ3v) is 4.35. The van der Waals surface area contributed by atoms with Gasteiger partial charge in [-0.2, -0.15) is 4.98 Å². The largest absolute Gasteiger partial charge is 0.356 e. The Balaban J connectivity index is 2.16. The SMILES string of the molecule is CCCNc1nc2c(c(=O)n(Cc3ccc(C)cc3)c(=O)n2C)n1C. The number of benzene rings is 1. The molecular formula is C18H23N5O2. The molecule has 0 saturated carbocycles. The van der Waals surface area contributed by atoms with E-state index >= 15 is 0 Å². The number of hydrogen-bond acceptors (Lipinski definition) is 4.